The van der Waals surface area contributed by atoms with Crippen molar-refractivity contribution >= 4 is 53.1 Å². The second-order valence-corrected chi connectivity index (χ2v) is 6.79. The van der Waals surface area contributed by atoms with Gasteiger partial charge in [0, 0.05) is 43.2 Å². The van der Waals surface area contributed by atoms with E-state index in [1.54, 1.807) is 30.2 Å². The SMILES string of the molecule is CN=C(NCc1ccc(Cl)cc1)NCc1cccc(NC(=O)Cn2cccn2)c1.I. The number of benzene rings is 2. The van der Waals surface area contributed by atoms with E-state index in [-0.39, 0.29) is 36.4 Å². The zero-order valence-electron chi connectivity index (χ0n) is 16.5. The van der Waals surface area contributed by atoms with E-state index in [9.17, 15) is 4.79 Å². The summed E-state index contributed by atoms with van der Waals surface area (Å²) < 4.78 is 1.58. The van der Waals surface area contributed by atoms with Crippen molar-refractivity contribution in [3.8, 4) is 0 Å². The Hall–Kier alpha value is -2.59. The minimum atomic E-state index is -0.126. The van der Waals surface area contributed by atoms with Crippen LogP contribution in [0.4, 0.5) is 5.69 Å². The Morgan fingerprint density at radius 1 is 1.07 bits per heavy atom. The molecular weight excluding hydrogens is 515 g/mol. The van der Waals surface area contributed by atoms with Gasteiger partial charge >= 0.3 is 0 Å². The molecule has 0 aliphatic rings. The third-order valence-corrected chi connectivity index (χ3v) is 4.38. The quantitative estimate of drug-likeness (QED) is 0.244. The molecule has 9 heteroatoms. The van der Waals surface area contributed by atoms with Gasteiger partial charge in [0.15, 0.2) is 5.96 Å². The Labute approximate surface area is 197 Å². The van der Waals surface area contributed by atoms with Crippen LogP contribution in [0.2, 0.25) is 5.02 Å². The number of amides is 1. The van der Waals surface area contributed by atoms with Crippen LogP contribution in [0.5, 0.6) is 0 Å². The van der Waals surface area contributed by atoms with Gasteiger partial charge in [-0.05, 0) is 41.5 Å². The predicted molar refractivity (Wildman–Crippen MR) is 131 cm³/mol. The van der Waals surface area contributed by atoms with Crippen LogP contribution in [0.1, 0.15) is 11.1 Å². The van der Waals surface area contributed by atoms with Crippen LogP contribution in [0.3, 0.4) is 0 Å². The summed E-state index contributed by atoms with van der Waals surface area (Å²) in [5.41, 5.74) is 2.88. The lowest BCUT2D eigenvalue weighted by molar-refractivity contribution is -0.116. The van der Waals surface area contributed by atoms with Crippen molar-refractivity contribution in [2.45, 2.75) is 19.6 Å². The van der Waals surface area contributed by atoms with Gasteiger partial charge in [-0.2, -0.15) is 5.10 Å². The van der Waals surface area contributed by atoms with Crippen LogP contribution < -0.4 is 16.0 Å². The molecule has 1 amide bonds. The third kappa shape index (κ3) is 7.68. The maximum Gasteiger partial charge on any atom is 0.246 e. The van der Waals surface area contributed by atoms with E-state index in [1.165, 1.54) is 0 Å². The van der Waals surface area contributed by atoms with Crippen molar-refractivity contribution in [3.63, 3.8) is 0 Å². The van der Waals surface area contributed by atoms with Crippen molar-refractivity contribution in [1.82, 2.24) is 20.4 Å². The molecule has 1 heterocycles. The topological polar surface area (TPSA) is 83.3 Å². The zero-order valence-corrected chi connectivity index (χ0v) is 19.6. The molecule has 2 aromatic carbocycles. The van der Waals surface area contributed by atoms with E-state index in [0.717, 1.165) is 16.8 Å². The van der Waals surface area contributed by atoms with Gasteiger partial charge in [-0.3, -0.25) is 14.5 Å². The first-order chi connectivity index (χ1) is 14.1. The molecule has 0 bridgehead atoms. The first kappa shape index (κ1) is 23.7. The smallest absolute Gasteiger partial charge is 0.246 e. The molecule has 0 unspecified atom stereocenters. The monoisotopic (exact) mass is 538 g/mol. The molecule has 0 atom stereocenters. The number of carbonyl (C=O) groups is 1. The van der Waals surface area contributed by atoms with Gasteiger partial charge in [0.05, 0.1) is 0 Å². The highest BCUT2D eigenvalue weighted by Gasteiger charge is 2.05. The van der Waals surface area contributed by atoms with E-state index >= 15 is 0 Å². The minimum absolute atomic E-state index is 0. The molecule has 3 N–H and O–H groups in total. The molecule has 7 nitrogen and oxygen atoms in total. The summed E-state index contributed by atoms with van der Waals surface area (Å²) in [6, 6.07) is 17.1. The Kier molecular flexibility index (Phi) is 9.62. The van der Waals surface area contributed by atoms with E-state index < -0.39 is 0 Å². The molecule has 0 saturated carbocycles. The number of nitrogens with zero attached hydrogens (tertiary/aromatic N) is 3. The Bertz CT molecular complexity index is 960. The zero-order chi connectivity index (χ0) is 20.5. The van der Waals surface area contributed by atoms with Crippen LogP contribution >= 0.6 is 35.6 Å². The Morgan fingerprint density at radius 3 is 2.47 bits per heavy atom. The molecule has 0 aliphatic heterocycles. The van der Waals surface area contributed by atoms with Crippen molar-refractivity contribution in [2.75, 3.05) is 12.4 Å². The molecule has 0 aliphatic carbocycles. The molecular formula is C21H24ClIN6O. The molecule has 3 aromatic rings. The van der Waals surface area contributed by atoms with Crippen molar-refractivity contribution in [2.24, 2.45) is 4.99 Å². The summed E-state index contributed by atoms with van der Waals surface area (Å²) >= 11 is 5.91. The lowest BCUT2D eigenvalue weighted by Gasteiger charge is -2.13. The molecule has 0 radical (unpaired) electrons. The molecule has 0 spiro atoms. The van der Waals surface area contributed by atoms with Gasteiger partial charge < -0.3 is 16.0 Å². The van der Waals surface area contributed by atoms with Crippen molar-refractivity contribution < 1.29 is 4.79 Å². The molecule has 0 fully saturated rings. The summed E-state index contributed by atoms with van der Waals surface area (Å²) in [4.78, 5) is 16.4. The van der Waals surface area contributed by atoms with Gasteiger partial charge in [-0.25, -0.2) is 0 Å². The highest BCUT2D eigenvalue weighted by atomic mass is 127. The number of anilines is 1. The van der Waals surface area contributed by atoms with E-state index in [0.29, 0.717) is 24.1 Å². The summed E-state index contributed by atoms with van der Waals surface area (Å²) in [6.45, 7) is 1.39. The maximum absolute atomic E-state index is 12.1. The van der Waals surface area contributed by atoms with Crippen LogP contribution in [0, 0.1) is 0 Å². The largest absolute Gasteiger partial charge is 0.352 e. The van der Waals surface area contributed by atoms with Crippen LogP contribution in [0.15, 0.2) is 72.0 Å². The normalized spacial score (nSPS) is 10.8. The number of hydrogen-bond acceptors (Lipinski definition) is 3. The number of aliphatic imine (C=N–C) groups is 1. The lowest BCUT2D eigenvalue weighted by Crippen LogP contribution is -2.36. The predicted octanol–water partition coefficient (Wildman–Crippen LogP) is 3.66. The first-order valence-corrected chi connectivity index (χ1v) is 9.55. The van der Waals surface area contributed by atoms with Crippen LogP contribution in [0.25, 0.3) is 0 Å². The van der Waals surface area contributed by atoms with Crippen LogP contribution in [-0.4, -0.2) is 28.7 Å². The van der Waals surface area contributed by atoms with Gasteiger partial charge in [0.25, 0.3) is 0 Å². The number of carbonyl (C=O) groups excluding carboxylic acids is 1. The molecule has 0 saturated heterocycles. The Balaban J connectivity index is 0.00000320. The second kappa shape index (κ2) is 12.2. The highest BCUT2D eigenvalue weighted by molar-refractivity contribution is 14.0. The van der Waals surface area contributed by atoms with Crippen LogP contribution in [-0.2, 0) is 24.4 Å². The van der Waals surface area contributed by atoms with Gasteiger partial charge in [-0.1, -0.05) is 35.9 Å². The first-order valence-electron chi connectivity index (χ1n) is 9.17. The molecule has 3 rings (SSSR count). The van der Waals surface area contributed by atoms with Crippen molar-refractivity contribution in [3.05, 3.63) is 83.1 Å². The molecule has 30 heavy (non-hydrogen) atoms. The lowest BCUT2D eigenvalue weighted by atomic mass is 10.2. The minimum Gasteiger partial charge on any atom is -0.352 e. The summed E-state index contributed by atoms with van der Waals surface area (Å²) in [7, 11) is 1.73. The fourth-order valence-electron chi connectivity index (χ4n) is 2.70. The number of halogens is 2. The molecule has 1 aromatic heterocycles. The third-order valence-electron chi connectivity index (χ3n) is 4.13. The van der Waals surface area contributed by atoms with E-state index in [1.807, 2.05) is 48.5 Å². The maximum atomic E-state index is 12.1. The van der Waals surface area contributed by atoms with E-state index in [4.69, 9.17) is 11.6 Å². The van der Waals surface area contributed by atoms with Gasteiger partial charge in [0.2, 0.25) is 5.91 Å². The summed E-state index contributed by atoms with van der Waals surface area (Å²) in [5.74, 6) is 0.562. The number of guanidine groups is 1. The fraction of sp³-hybridized carbons (Fsp3) is 0.190. The van der Waals surface area contributed by atoms with E-state index in [2.05, 4.69) is 26.0 Å². The average Bonchev–Trinajstić information content (AvgIpc) is 3.22. The van der Waals surface area contributed by atoms with Gasteiger partial charge in [0.1, 0.15) is 6.54 Å². The van der Waals surface area contributed by atoms with Crippen molar-refractivity contribution in [1.29, 1.82) is 0 Å². The standard InChI is InChI=1S/C21H23ClN6O.HI/c1-23-21(24-13-16-6-8-18(22)9-7-16)25-14-17-4-2-5-19(12-17)27-20(29)15-28-11-3-10-26-28;/h2-12H,13-15H2,1H3,(H,27,29)(H2,23,24,25);1H. The average molecular weight is 539 g/mol. The summed E-state index contributed by atoms with van der Waals surface area (Å²) in [5, 5.41) is 14.2. The number of aromatic nitrogens is 2. The second-order valence-electron chi connectivity index (χ2n) is 6.36. The number of nitrogens with one attached hydrogen (secondary N) is 3. The van der Waals surface area contributed by atoms with Gasteiger partial charge in [-0.15, -0.1) is 24.0 Å². The Morgan fingerprint density at radius 2 is 1.80 bits per heavy atom. The fourth-order valence-corrected chi connectivity index (χ4v) is 2.82. The highest BCUT2D eigenvalue weighted by Crippen LogP contribution is 2.11. The number of hydrogen-bond donors (Lipinski definition) is 3. The summed E-state index contributed by atoms with van der Waals surface area (Å²) in [6.07, 6.45) is 3.40. The number of rotatable bonds is 7. The molecule has 158 valence electrons.